The van der Waals surface area contributed by atoms with E-state index in [1.165, 1.54) is 38.8 Å². The molecule has 1 aliphatic carbocycles. The number of hydrogen-bond donors (Lipinski definition) is 1. The molecule has 2 aliphatic rings. The summed E-state index contributed by atoms with van der Waals surface area (Å²) in [5, 5.41) is 3.42. The summed E-state index contributed by atoms with van der Waals surface area (Å²) >= 11 is 0. The maximum atomic E-state index is 3.42. The van der Waals surface area contributed by atoms with Crippen LogP contribution in [0.3, 0.4) is 0 Å². The minimum Gasteiger partial charge on any atom is -0.317 e. The topological polar surface area (TPSA) is 12.0 Å². The van der Waals surface area contributed by atoms with Crippen molar-refractivity contribution in [3.8, 4) is 0 Å². The second-order valence-electron chi connectivity index (χ2n) is 3.79. The zero-order valence-electron chi connectivity index (χ0n) is 7.05. The molecule has 1 fully saturated rings. The summed E-state index contributed by atoms with van der Waals surface area (Å²) in [6.07, 6.45) is 10.2. The molecule has 0 atom stereocenters. The lowest BCUT2D eigenvalue weighted by atomic mass is 9.83. The van der Waals surface area contributed by atoms with Crippen molar-refractivity contribution in [2.45, 2.75) is 25.7 Å². The molecule has 2 rings (SSSR count). The largest absolute Gasteiger partial charge is 0.317 e. The van der Waals surface area contributed by atoms with Crippen LogP contribution in [0.5, 0.6) is 0 Å². The van der Waals surface area contributed by atoms with E-state index in [-0.39, 0.29) is 0 Å². The minimum absolute atomic E-state index is 0.997. The summed E-state index contributed by atoms with van der Waals surface area (Å²) in [5.74, 6) is 2.02. The first-order valence-corrected chi connectivity index (χ1v) is 4.82. The van der Waals surface area contributed by atoms with Gasteiger partial charge in [0.2, 0.25) is 0 Å². The van der Waals surface area contributed by atoms with Crippen LogP contribution < -0.4 is 5.32 Å². The third kappa shape index (κ3) is 1.64. The van der Waals surface area contributed by atoms with Crippen LogP contribution in [0, 0.1) is 11.8 Å². The van der Waals surface area contributed by atoms with Crippen molar-refractivity contribution >= 4 is 0 Å². The van der Waals surface area contributed by atoms with Crippen molar-refractivity contribution in [3.05, 3.63) is 12.2 Å². The third-order valence-electron chi connectivity index (χ3n) is 3.09. The molecule has 0 saturated carbocycles. The van der Waals surface area contributed by atoms with E-state index in [1.807, 2.05) is 0 Å². The normalized spacial score (nSPS) is 28.0. The molecular formula is C10H17N. The van der Waals surface area contributed by atoms with E-state index in [0.717, 1.165) is 11.8 Å². The highest BCUT2D eigenvalue weighted by molar-refractivity contribution is 4.96. The van der Waals surface area contributed by atoms with Crippen LogP contribution in [0.4, 0.5) is 0 Å². The molecule has 1 heteroatoms. The monoisotopic (exact) mass is 151 g/mol. The molecule has 0 unspecified atom stereocenters. The van der Waals surface area contributed by atoms with Gasteiger partial charge in [-0.15, -0.1) is 0 Å². The van der Waals surface area contributed by atoms with E-state index in [4.69, 9.17) is 0 Å². The average Bonchev–Trinajstić information content (AvgIpc) is 2.58. The van der Waals surface area contributed by atoms with Crippen LogP contribution in [0.15, 0.2) is 12.2 Å². The lowest BCUT2D eigenvalue weighted by molar-refractivity contribution is 0.269. The zero-order chi connectivity index (χ0) is 7.52. The van der Waals surface area contributed by atoms with E-state index in [2.05, 4.69) is 17.5 Å². The fraction of sp³-hybridized carbons (Fsp3) is 0.800. The van der Waals surface area contributed by atoms with E-state index < -0.39 is 0 Å². The molecule has 0 aromatic rings. The molecule has 0 aromatic carbocycles. The summed E-state index contributed by atoms with van der Waals surface area (Å²) in [5.41, 5.74) is 0. The van der Waals surface area contributed by atoms with Gasteiger partial charge in [-0.1, -0.05) is 12.2 Å². The molecule has 1 heterocycles. The van der Waals surface area contributed by atoms with Gasteiger partial charge in [-0.2, -0.15) is 0 Å². The Morgan fingerprint density at radius 2 is 1.55 bits per heavy atom. The van der Waals surface area contributed by atoms with Gasteiger partial charge in [0.25, 0.3) is 0 Å². The predicted octanol–water partition coefficient (Wildman–Crippen LogP) is 1.95. The van der Waals surface area contributed by atoms with Crippen molar-refractivity contribution in [2.75, 3.05) is 13.1 Å². The molecule has 0 spiro atoms. The van der Waals surface area contributed by atoms with Crippen molar-refractivity contribution in [1.82, 2.24) is 5.32 Å². The van der Waals surface area contributed by atoms with Gasteiger partial charge in [0, 0.05) is 0 Å². The summed E-state index contributed by atoms with van der Waals surface area (Å²) in [6, 6.07) is 0. The molecular weight excluding hydrogens is 134 g/mol. The molecule has 62 valence electrons. The Morgan fingerprint density at radius 1 is 0.909 bits per heavy atom. The van der Waals surface area contributed by atoms with Gasteiger partial charge in [0.05, 0.1) is 0 Å². The first-order chi connectivity index (χ1) is 5.47. The van der Waals surface area contributed by atoms with Gasteiger partial charge in [-0.3, -0.25) is 0 Å². The summed E-state index contributed by atoms with van der Waals surface area (Å²) in [7, 11) is 0. The van der Waals surface area contributed by atoms with Gasteiger partial charge in [-0.25, -0.2) is 0 Å². The molecule has 1 nitrogen and oxygen atoms in total. The Kier molecular flexibility index (Phi) is 2.27. The van der Waals surface area contributed by atoms with Crippen molar-refractivity contribution in [1.29, 1.82) is 0 Å². The van der Waals surface area contributed by atoms with Gasteiger partial charge in [0.1, 0.15) is 0 Å². The SMILES string of the molecule is C1=CCC(C2CCNCC2)C1. The van der Waals surface area contributed by atoms with E-state index in [0.29, 0.717) is 0 Å². The van der Waals surface area contributed by atoms with Crippen LogP contribution in [0.1, 0.15) is 25.7 Å². The van der Waals surface area contributed by atoms with Crippen LogP contribution in [0.2, 0.25) is 0 Å². The second-order valence-corrected chi connectivity index (χ2v) is 3.79. The lowest BCUT2D eigenvalue weighted by Gasteiger charge is -2.27. The van der Waals surface area contributed by atoms with Crippen molar-refractivity contribution in [2.24, 2.45) is 11.8 Å². The van der Waals surface area contributed by atoms with Crippen LogP contribution in [-0.4, -0.2) is 13.1 Å². The van der Waals surface area contributed by atoms with E-state index >= 15 is 0 Å². The highest BCUT2D eigenvalue weighted by atomic mass is 14.9. The number of hydrogen-bond acceptors (Lipinski definition) is 1. The summed E-state index contributed by atoms with van der Waals surface area (Å²) < 4.78 is 0. The van der Waals surface area contributed by atoms with Crippen LogP contribution >= 0.6 is 0 Å². The highest BCUT2D eigenvalue weighted by Crippen LogP contribution is 2.31. The van der Waals surface area contributed by atoms with E-state index in [1.54, 1.807) is 0 Å². The predicted molar refractivity (Wildman–Crippen MR) is 47.5 cm³/mol. The maximum absolute atomic E-state index is 3.42. The molecule has 0 bridgehead atoms. The Labute approximate surface area is 68.9 Å². The fourth-order valence-corrected chi connectivity index (χ4v) is 2.34. The standard InChI is InChI=1S/C10H17N/c1-2-4-9(3-1)10-5-7-11-8-6-10/h1-2,9-11H,3-8H2. The number of piperidine rings is 1. The molecule has 1 aliphatic heterocycles. The molecule has 0 aromatic heterocycles. The minimum atomic E-state index is 0.997. The molecule has 0 amide bonds. The maximum Gasteiger partial charge on any atom is -0.00462 e. The first-order valence-electron chi connectivity index (χ1n) is 4.82. The summed E-state index contributed by atoms with van der Waals surface area (Å²) in [4.78, 5) is 0. The molecule has 1 saturated heterocycles. The lowest BCUT2D eigenvalue weighted by Crippen LogP contribution is -2.30. The number of allylic oxidation sites excluding steroid dienone is 2. The highest BCUT2D eigenvalue weighted by Gasteiger charge is 2.23. The van der Waals surface area contributed by atoms with Crippen LogP contribution in [0.25, 0.3) is 0 Å². The van der Waals surface area contributed by atoms with E-state index in [9.17, 15) is 0 Å². The van der Waals surface area contributed by atoms with Gasteiger partial charge in [0.15, 0.2) is 0 Å². The molecule has 1 N–H and O–H groups in total. The Bertz CT molecular complexity index is 137. The van der Waals surface area contributed by atoms with Crippen LogP contribution in [-0.2, 0) is 0 Å². The molecule has 0 radical (unpaired) electrons. The molecule has 11 heavy (non-hydrogen) atoms. The third-order valence-corrected chi connectivity index (χ3v) is 3.09. The summed E-state index contributed by atoms with van der Waals surface area (Å²) in [6.45, 7) is 2.50. The number of rotatable bonds is 1. The van der Waals surface area contributed by atoms with Gasteiger partial charge in [-0.05, 0) is 50.6 Å². The Hall–Kier alpha value is -0.300. The van der Waals surface area contributed by atoms with Crippen molar-refractivity contribution in [3.63, 3.8) is 0 Å². The smallest absolute Gasteiger partial charge is 0.00462 e. The fourth-order valence-electron chi connectivity index (χ4n) is 2.34. The number of nitrogens with one attached hydrogen (secondary N) is 1. The zero-order valence-corrected chi connectivity index (χ0v) is 7.05. The Morgan fingerprint density at radius 3 is 2.18 bits per heavy atom. The van der Waals surface area contributed by atoms with Gasteiger partial charge < -0.3 is 5.32 Å². The Balaban J connectivity index is 1.83. The second kappa shape index (κ2) is 3.40. The van der Waals surface area contributed by atoms with Gasteiger partial charge >= 0.3 is 0 Å². The van der Waals surface area contributed by atoms with Crippen molar-refractivity contribution < 1.29 is 0 Å². The quantitative estimate of drug-likeness (QED) is 0.565. The average molecular weight is 151 g/mol. The first kappa shape index (κ1) is 7.35.